The molecule has 31 heavy (non-hydrogen) atoms. The summed E-state index contributed by atoms with van der Waals surface area (Å²) in [6.45, 7) is 8.98. The fourth-order valence-corrected chi connectivity index (χ4v) is 5.70. The summed E-state index contributed by atoms with van der Waals surface area (Å²) in [6, 6.07) is 13.0. The maximum atomic E-state index is 13.0. The van der Waals surface area contributed by atoms with Crippen molar-refractivity contribution in [1.82, 2.24) is 9.62 Å². The molecule has 3 rings (SSSR count). The topological polar surface area (TPSA) is 75.7 Å². The SMILES string of the molecule is CCOc1ccc(C(C)NC(=O)C2CCN(S(=O)(=O)c3ccc(C)cc3C)CC2)cc1. The summed E-state index contributed by atoms with van der Waals surface area (Å²) in [7, 11) is -3.54. The van der Waals surface area contributed by atoms with E-state index in [0.717, 1.165) is 22.4 Å². The Bertz CT molecular complexity index is 1010. The van der Waals surface area contributed by atoms with E-state index in [1.807, 2.05) is 64.1 Å². The molecule has 1 amide bonds. The highest BCUT2D eigenvalue weighted by Gasteiger charge is 2.33. The molecule has 1 aliphatic rings. The number of amides is 1. The molecule has 7 heteroatoms. The Balaban J connectivity index is 1.58. The molecule has 0 spiro atoms. The molecule has 2 aromatic carbocycles. The van der Waals surface area contributed by atoms with Crippen LogP contribution < -0.4 is 10.1 Å². The monoisotopic (exact) mass is 444 g/mol. The van der Waals surface area contributed by atoms with E-state index in [1.165, 1.54) is 4.31 Å². The molecule has 168 valence electrons. The van der Waals surface area contributed by atoms with Crippen molar-refractivity contribution in [2.45, 2.75) is 51.5 Å². The first-order chi connectivity index (χ1) is 14.7. The first-order valence-corrected chi connectivity index (χ1v) is 12.3. The Kier molecular flexibility index (Phi) is 7.38. The molecule has 1 N–H and O–H groups in total. The van der Waals surface area contributed by atoms with E-state index in [9.17, 15) is 13.2 Å². The first-order valence-electron chi connectivity index (χ1n) is 10.8. The third-order valence-electron chi connectivity index (χ3n) is 5.82. The third kappa shape index (κ3) is 5.46. The summed E-state index contributed by atoms with van der Waals surface area (Å²) in [6.07, 6.45) is 1.04. The van der Waals surface area contributed by atoms with Crippen molar-refractivity contribution in [2.75, 3.05) is 19.7 Å². The lowest BCUT2D eigenvalue weighted by molar-refractivity contribution is -0.126. The quantitative estimate of drug-likeness (QED) is 0.701. The molecular weight excluding hydrogens is 412 g/mol. The smallest absolute Gasteiger partial charge is 0.243 e. The van der Waals surface area contributed by atoms with Gasteiger partial charge in [0.15, 0.2) is 0 Å². The number of benzene rings is 2. The van der Waals surface area contributed by atoms with Crippen LogP contribution in [0.3, 0.4) is 0 Å². The summed E-state index contributed by atoms with van der Waals surface area (Å²) >= 11 is 0. The van der Waals surface area contributed by atoms with E-state index >= 15 is 0 Å². The summed E-state index contributed by atoms with van der Waals surface area (Å²) in [5.41, 5.74) is 2.80. The van der Waals surface area contributed by atoms with Crippen LogP contribution in [0.15, 0.2) is 47.4 Å². The molecule has 1 saturated heterocycles. The number of piperidine rings is 1. The lowest BCUT2D eigenvalue weighted by Gasteiger charge is -2.31. The van der Waals surface area contributed by atoms with Crippen LogP contribution in [0.5, 0.6) is 5.75 Å². The molecule has 6 nitrogen and oxygen atoms in total. The van der Waals surface area contributed by atoms with Crippen LogP contribution in [-0.2, 0) is 14.8 Å². The van der Waals surface area contributed by atoms with Gasteiger partial charge in [0, 0.05) is 19.0 Å². The van der Waals surface area contributed by atoms with Crippen molar-refractivity contribution in [2.24, 2.45) is 5.92 Å². The number of rotatable bonds is 7. The highest BCUT2D eigenvalue weighted by Crippen LogP contribution is 2.27. The zero-order chi connectivity index (χ0) is 22.6. The number of nitrogens with zero attached hydrogens (tertiary/aromatic N) is 1. The lowest BCUT2D eigenvalue weighted by atomic mass is 9.96. The van der Waals surface area contributed by atoms with Crippen molar-refractivity contribution < 1.29 is 17.9 Å². The average molecular weight is 445 g/mol. The van der Waals surface area contributed by atoms with Gasteiger partial charge in [0.25, 0.3) is 0 Å². The number of sulfonamides is 1. The van der Waals surface area contributed by atoms with E-state index in [2.05, 4.69) is 5.32 Å². The predicted octanol–water partition coefficient (Wildman–Crippen LogP) is 3.98. The van der Waals surface area contributed by atoms with E-state index < -0.39 is 10.0 Å². The molecule has 1 aliphatic heterocycles. The Hall–Kier alpha value is -2.38. The number of hydrogen-bond donors (Lipinski definition) is 1. The minimum Gasteiger partial charge on any atom is -0.494 e. The van der Waals surface area contributed by atoms with Gasteiger partial charge >= 0.3 is 0 Å². The molecule has 0 bridgehead atoms. The average Bonchev–Trinajstić information content (AvgIpc) is 2.74. The molecule has 2 aromatic rings. The zero-order valence-corrected chi connectivity index (χ0v) is 19.5. The highest BCUT2D eigenvalue weighted by atomic mass is 32.2. The third-order valence-corrected chi connectivity index (χ3v) is 7.88. The second-order valence-corrected chi connectivity index (χ2v) is 10.1. The molecule has 1 fully saturated rings. The number of carbonyl (C=O) groups is 1. The van der Waals surface area contributed by atoms with Gasteiger partial charge in [-0.15, -0.1) is 0 Å². The van der Waals surface area contributed by atoms with Gasteiger partial charge in [-0.25, -0.2) is 8.42 Å². The maximum Gasteiger partial charge on any atom is 0.243 e. The molecule has 0 saturated carbocycles. The zero-order valence-electron chi connectivity index (χ0n) is 18.7. The van der Waals surface area contributed by atoms with Gasteiger partial charge in [-0.3, -0.25) is 4.79 Å². The molecule has 1 unspecified atom stereocenters. The highest BCUT2D eigenvalue weighted by molar-refractivity contribution is 7.89. The summed E-state index contributed by atoms with van der Waals surface area (Å²) in [4.78, 5) is 13.1. The first kappa shape index (κ1) is 23.3. The second kappa shape index (κ2) is 9.83. The fraction of sp³-hybridized carbons (Fsp3) is 0.458. The Morgan fingerprint density at radius 2 is 1.77 bits per heavy atom. The Morgan fingerprint density at radius 1 is 1.13 bits per heavy atom. The fourth-order valence-electron chi connectivity index (χ4n) is 4.02. The second-order valence-electron chi connectivity index (χ2n) is 8.18. The maximum absolute atomic E-state index is 13.0. The van der Waals surface area contributed by atoms with Crippen molar-refractivity contribution in [3.63, 3.8) is 0 Å². The molecule has 0 aliphatic carbocycles. The van der Waals surface area contributed by atoms with E-state index in [-0.39, 0.29) is 17.9 Å². The van der Waals surface area contributed by atoms with E-state index in [1.54, 1.807) is 6.07 Å². The van der Waals surface area contributed by atoms with Crippen LogP contribution in [0.1, 0.15) is 49.4 Å². The molecular formula is C24H32N2O4S. The van der Waals surface area contributed by atoms with Crippen molar-refractivity contribution in [3.8, 4) is 5.75 Å². The van der Waals surface area contributed by atoms with E-state index in [4.69, 9.17) is 4.74 Å². The van der Waals surface area contributed by atoms with Crippen LogP contribution in [0.2, 0.25) is 0 Å². The van der Waals surface area contributed by atoms with Crippen LogP contribution in [0.25, 0.3) is 0 Å². The van der Waals surface area contributed by atoms with Gasteiger partial charge in [0.2, 0.25) is 15.9 Å². The predicted molar refractivity (Wildman–Crippen MR) is 122 cm³/mol. The van der Waals surface area contributed by atoms with Crippen molar-refractivity contribution >= 4 is 15.9 Å². The standard InChI is InChI=1S/C24H32N2O4S/c1-5-30-22-9-7-20(8-10-22)19(4)25-24(27)21-12-14-26(15-13-21)31(28,29)23-11-6-17(2)16-18(23)3/h6-11,16,19,21H,5,12-15H2,1-4H3,(H,25,27). The van der Waals surface area contributed by atoms with Crippen LogP contribution >= 0.6 is 0 Å². The number of ether oxygens (including phenoxy) is 1. The number of carbonyl (C=O) groups excluding carboxylic acids is 1. The Morgan fingerprint density at radius 3 is 2.35 bits per heavy atom. The van der Waals surface area contributed by atoms with Gasteiger partial charge in [0.05, 0.1) is 17.5 Å². The molecule has 0 aromatic heterocycles. The Labute approximate surface area is 185 Å². The number of hydrogen-bond acceptors (Lipinski definition) is 4. The van der Waals surface area contributed by atoms with Crippen molar-refractivity contribution in [3.05, 3.63) is 59.2 Å². The normalized spacial score (nSPS) is 16.6. The minimum atomic E-state index is -3.54. The van der Waals surface area contributed by atoms with Gasteiger partial charge in [-0.05, 0) is 69.9 Å². The molecule has 1 atom stereocenters. The largest absolute Gasteiger partial charge is 0.494 e. The van der Waals surface area contributed by atoms with Crippen molar-refractivity contribution in [1.29, 1.82) is 0 Å². The van der Waals surface area contributed by atoms with Crippen LogP contribution in [0, 0.1) is 19.8 Å². The van der Waals surface area contributed by atoms with Gasteiger partial charge in [0.1, 0.15) is 5.75 Å². The number of nitrogens with one attached hydrogen (secondary N) is 1. The summed E-state index contributed by atoms with van der Waals surface area (Å²) in [5.74, 6) is 0.600. The molecule has 1 heterocycles. The molecule has 0 radical (unpaired) electrons. The van der Waals surface area contributed by atoms with Gasteiger partial charge in [-0.2, -0.15) is 4.31 Å². The summed E-state index contributed by atoms with van der Waals surface area (Å²) in [5, 5.41) is 3.07. The van der Waals surface area contributed by atoms with Crippen LogP contribution in [-0.4, -0.2) is 38.3 Å². The minimum absolute atomic E-state index is 0.0232. The van der Waals surface area contributed by atoms with Crippen LogP contribution in [0.4, 0.5) is 0 Å². The van der Waals surface area contributed by atoms with Gasteiger partial charge in [-0.1, -0.05) is 29.8 Å². The van der Waals surface area contributed by atoms with E-state index in [0.29, 0.717) is 37.4 Å². The lowest BCUT2D eigenvalue weighted by Crippen LogP contribution is -2.43. The number of aryl methyl sites for hydroxylation is 2. The van der Waals surface area contributed by atoms with Gasteiger partial charge < -0.3 is 10.1 Å². The summed E-state index contributed by atoms with van der Waals surface area (Å²) < 4.78 is 33.1.